The number of amides is 2. The molecule has 1 aliphatic rings. The first-order valence-corrected chi connectivity index (χ1v) is 13.7. The number of benzene rings is 1. The van der Waals surface area contributed by atoms with Crippen molar-refractivity contribution in [3.05, 3.63) is 34.1 Å². The lowest BCUT2D eigenvalue weighted by molar-refractivity contribution is -0.108. The molecule has 1 aliphatic heterocycles. The number of sulfone groups is 1. The van der Waals surface area contributed by atoms with Crippen molar-refractivity contribution in [2.24, 2.45) is 4.99 Å². The number of alkyl halides is 1. The molecular weight excluding hydrogens is 578 g/mol. The Bertz CT molecular complexity index is 1200. The average Bonchev–Trinajstić information content (AvgIpc) is 2.70. The molecule has 2 amide bonds. The molecular formula is C24H31BrF2N2O7S. The smallest absolute Gasteiger partial charge is 0.425 e. The summed E-state index contributed by atoms with van der Waals surface area (Å²) in [5.74, 6) is -2.81. The fourth-order valence-electron chi connectivity index (χ4n) is 3.62. The standard InChI is InChI=1S/C24H31BrF2N2O7S/c1-21(2,3)35-19(31)29(20(32)36-22(4,5)6)18-23(7,10-11-30)37(33,34)14-24(13-26,28-18)16-12-15(25)8-9-17(16)27/h8-9,11-12H,10,13-14H2,1-7H3/t23-,24+/m1/s1. The average molecular weight is 609 g/mol. The summed E-state index contributed by atoms with van der Waals surface area (Å²) >= 11 is 3.16. The van der Waals surface area contributed by atoms with Crippen molar-refractivity contribution in [2.45, 2.75) is 76.4 Å². The van der Waals surface area contributed by atoms with Crippen molar-refractivity contribution < 1.29 is 41.1 Å². The Morgan fingerprint density at radius 1 is 1.14 bits per heavy atom. The number of rotatable bonds is 4. The van der Waals surface area contributed by atoms with Gasteiger partial charge >= 0.3 is 12.2 Å². The predicted molar refractivity (Wildman–Crippen MR) is 136 cm³/mol. The molecule has 2 atom stereocenters. The van der Waals surface area contributed by atoms with Crippen LogP contribution in [0, 0.1) is 5.82 Å². The summed E-state index contributed by atoms with van der Waals surface area (Å²) in [6.45, 7) is 8.61. The highest BCUT2D eigenvalue weighted by molar-refractivity contribution is 9.10. The Labute approximate surface area is 223 Å². The van der Waals surface area contributed by atoms with Crippen LogP contribution in [0.5, 0.6) is 0 Å². The number of aliphatic imine (C=N–C) groups is 1. The topological polar surface area (TPSA) is 119 Å². The first-order valence-electron chi connectivity index (χ1n) is 11.3. The SMILES string of the molecule is CC(C)(C)OC(=O)N(C(=O)OC(C)(C)C)C1=N[C@](CF)(c2cc(Br)ccc2F)CS(=O)(=O)[C@]1(C)CC=O. The number of amidine groups is 1. The van der Waals surface area contributed by atoms with E-state index in [-0.39, 0.29) is 11.2 Å². The normalized spacial score (nSPS) is 23.6. The molecule has 37 heavy (non-hydrogen) atoms. The molecule has 0 spiro atoms. The van der Waals surface area contributed by atoms with Gasteiger partial charge in [-0.1, -0.05) is 15.9 Å². The van der Waals surface area contributed by atoms with E-state index in [0.29, 0.717) is 4.47 Å². The second kappa shape index (κ2) is 10.4. The van der Waals surface area contributed by atoms with Crippen molar-refractivity contribution in [3.63, 3.8) is 0 Å². The van der Waals surface area contributed by atoms with Crippen LogP contribution in [-0.2, 0) is 29.6 Å². The maximum atomic E-state index is 15.0. The molecule has 0 saturated carbocycles. The highest BCUT2D eigenvalue weighted by Crippen LogP contribution is 2.42. The highest BCUT2D eigenvalue weighted by Gasteiger charge is 2.58. The second-order valence-electron chi connectivity index (χ2n) is 10.9. The van der Waals surface area contributed by atoms with Gasteiger partial charge in [-0.3, -0.25) is 4.99 Å². The number of halogens is 3. The largest absolute Gasteiger partial charge is 0.443 e. The van der Waals surface area contributed by atoms with E-state index in [1.165, 1.54) is 53.7 Å². The summed E-state index contributed by atoms with van der Waals surface area (Å²) in [5, 5.41) is 0. The van der Waals surface area contributed by atoms with E-state index in [0.717, 1.165) is 13.0 Å². The van der Waals surface area contributed by atoms with Crippen LogP contribution in [-0.4, -0.2) is 66.0 Å². The van der Waals surface area contributed by atoms with Gasteiger partial charge in [-0.15, -0.1) is 0 Å². The highest BCUT2D eigenvalue weighted by atomic mass is 79.9. The molecule has 0 N–H and O–H groups in total. The number of nitrogens with zero attached hydrogens (tertiary/aromatic N) is 2. The predicted octanol–water partition coefficient (Wildman–Crippen LogP) is 5.10. The Kier molecular flexibility index (Phi) is 8.65. The van der Waals surface area contributed by atoms with Crippen LogP contribution < -0.4 is 0 Å². The Morgan fingerprint density at radius 3 is 2.08 bits per heavy atom. The van der Waals surface area contributed by atoms with E-state index < -0.39 is 79.6 Å². The van der Waals surface area contributed by atoms with Gasteiger partial charge in [0.05, 0.1) is 5.75 Å². The molecule has 1 aromatic carbocycles. The van der Waals surface area contributed by atoms with Crippen LogP contribution >= 0.6 is 15.9 Å². The van der Waals surface area contributed by atoms with Gasteiger partial charge in [0.25, 0.3) is 0 Å². The number of carbonyl (C=O) groups excluding carboxylic acids is 3. The molecule has 13 heteroatoms. The second-order valence-corrected chi connectivity index (χ2v) is 14.2. The minimum absolute atomic E-state index is 0.247. The van der Waals surface area contributed by atoms with Crippen molar-refractivity contribution in [1.82, 2.24) is 4.90 Å². The number of ether oxygens (including phenoxy) is 2. The van der Waals surface area contributed by atoms with Gasteiger partial charge in [-0.05, 0) is 66.7 Å². The van der Waals surface area contributed by atoms with E-state index in [9.17, 15) is 31.6 Å². The zero-order valence-corrected chi connectivity index (χ0v) is 24.1. The van der Waals surface area contributed by atoms with Crippen LogP contribution in [0.25, 0.3) is 0 Å². The van der Waals surface area contributed by atoms with Gasteiger partial charge < -0.3 is 14.3 Å². The van der Waals surface area contributed by atoms with E-state index in [2.05, 4.69) is 20.9 Å². The monoisotopic (exact) mass is 608 g/mol. The number of aldehydes is 1. The van der Waals surface area contributed by atoms with Gasteiger partial charge in [-0.2, -0.15) is 4.90 Å². The fourth-order valence-corrected chi connectivity index (χ4v) is 5.97. The summed E-state index contributed by atoms with van der Waals surface area (Å²) in [5.41, 5.74) is -5.11. The lowest BCUT2D eigenvalue weighted by Crippen LogP contribution is -2.63. The lowest BCUT2D eigenvalue weighted by atomic mass is 9.91. The molecule has 1 aromatic rings. The zero-order valence-electron chi connectivity index (χ0n) is 21.7. The third-order valence-corrected chi connectivity index (χ3v) is 8.47. The fraction of sp³-hybridized carbons (Fsp3) is 0.583. The molecule has 0 radical (unpaired) electrons. The number of carbonyl (C=O) groups is 3. The summed E-state index contributed by atoms with van der Waals surface area (Å²) in [7, 11) is -4.57. The van der Waals surface area contributed by atoms with E-state index >= 15 is 0 Å². The third kappa shape index (κ3) is 6.54. The van der Waals surface area contributed by atoms with E-state index in [4.69, 9.17) is 9.47 Å². The van der Waals surface area contributed by atoms with Crippen LogP contribution in [0.3, 0.4) is 0 Å². The van der Waals surface area contributed by atoms with Crippen LogP contribution in [0.4, 0.5) is 18.4 Å². The van der Waals surface area contributed by atoms with Crippen molar-refractivity contribution in [3.8, 4) is 0 Å². The summed E-state index contributed by atoms with van der Waals surface area (Å²) in [4.78, 5) is 42.7. The maximum absolute atomic E-state index is 15.0. The molecule has 9 nitrogen and oxygen atoms in total. The Balaban J connectivity index is 2.99. The minimum Gasteiger partial charge on any atom is -0.443 e. The van der Waals surface area contributed by atoms with Crippen molar-refractivity contribution in [2.75, 3.05) is 12.4 Å². The number of imide groups is 1. The Morgan fingerprint density at radius 2 is 1.65 bits per heavy atom. The molecule has 0 fully saturated rings. The van der Waals surface area contributed by atoms with Gasteiger partial charge in [0.1, 0.15) is 46.1 Å². The van der Waals surface area contributed by atoms with E-state index in [1.54, 1.807) is 0 Å². The van der Waals surface area contributed by atoms with Crippen LogP contribution in [0.15, 0.2) is 27.7 Å². The molecule has 206 valence electrons. The third-order valence-electron chi connectivity index (χ3n) is 5.40. The summed E-state index contributed by atoms with van der Waals surface area (Å²) in [6.07, 6.45) is -3.19. The molecule has 0 aliphatic carbocycles. The molecule has 0 unspecified atom stereocenters. The lowest BCUT2D eigenvalue weighted by Gasteiger charge is -2.43. The molecule has 0 aromatic heterocycles. The Hall–Kier alpha value is -2.41. The van der Waals surface area contributed by atoms with Gasteiger partial charge in [0, 0.05) is 16.5 Å². The summed E-state index contributed by atoms with van der Waals surface area (Å²) < 4.78 is 65.9. The first-order chi connectivity index (χ1) is 16.7. The first kappa shape index (κ1) is 30.8. The zero-order chi connectivity index (χ0) is 28.6. The molecule has 2 rings (SSSR count). The number of hydrogen-bond acceptors (Lipinski definition) is 8. The maximum Gasteiger partial charge on any atom is 0.425 e. The van der Waals surface area contributed by atoms with Gasteiger partial charge in [0.15, 0.2) is 9.84 Å². The molecule has 1 heterocycles. The molecule has 0 saturated heterocycles. The van der Waals surface area contributed by atoms with Crippen LogP contribution in [0.1, 0.15) is 60.5 Å². The molecule has 0 bridgehead atoms. The van der Waals surface area contributed by atoms with Crippen molar-refractivity contribution >= 4 is 50.1 Å². The van der Waals surface area contributed by atoms with Gasteiger partial charge in [0.2, 0.25) is 0 Å². The summed E-state index contributed by atoms with van der Waals surface area (Å²) in [6, 6.07) is 3.49. The van der Waals surface area contributed by atoms with Crippen LogP contribution in [0.2, 0.25) is 0 Å². The quantitative estimate of drug-likeness (QED) is 0.436. The minimum atomic E-state index is -4.57. The van der Waals surface area contributed by atoms with Crippen molar-refractivity contribution in [1.29, 1.82) is 0 Å². The van der Waals surface area contributed by atoms with Gasteiger partial charge in [-0.25, -0.2) is 26.8 Å². The van der Waals surface area contributed by atoms with E-state index in [1.807, 2.05) is 0 Å². The number of hydrogen-bond donors (Lipinski definition) is 0.